The molecule has 3 heteroatoms. The summed E-state index contributed by atoms with van der Waals surface area (Å²) in [5.74, 6) is 0. The van der Waals surface area contributed by atoms with Gasteiger partial charge in [-0.1, -0.05) is 0 Å². The maximum Gasteiger partial charge on any atom is 0.127 e. The average Bonchev–Trinajstić information content (AvgIpc) is 2.67. The maximum absolute atomic E-state index is 4.16. The second-order valence-electron chi connectivity index (χ2n) is 2.76. The first-order valence-corrected chi connectivity index (χ1v) is 4.27. The second-order valence-corrected chi connectivity index (χ2v) is 3.51. The van der Waals surface area contributed by atoms with Gasteiger partial charge in [-0.25, -0.2) is 4.98 Å². The Bertz CT molecular complexity index is 250. The first kappa shape index (κ1) is 6.40. The smallest absolute Gasteiger partial charge is 0.127 e. The van der Waals surface area contributed by atoms with Crippen molar-refractivity contribution in [3.05, 3.63) is 16.6 Å². The molecule has 1 heterocycles. The number of nitrogens with zero attached hydrogens (tertiary/aromatic N) is 2. The van der Waals surface area contributed by atoms with Gasteiger partial charge in [-0.05, 0) is 35.7 Å². The van der Waals surface area contributed by atoms with Gasteiger partial charge < -0.3 is 4.57 Å². The number of aromatic nitrogens is 2. The summed E-state index contributed by atoms with van der Waals surface area (Å²) >= 11 is 3.38. The summed E-state index contributed by atoms with van der Waals surface area (Å²) < 4.78 is 3.23. The van der Waals surface area contributed by atoms with E-state index < -0.39 is 0 Å². The third-order valence-corrected chi connectivity index (χ3v) is 2.70. The Morgan fingerprint density at radius 2 is 2.40 bits per heavy atom. The van der Waals surface area contributed by atoms with Crippen LogP contribution in [0.4, 0.5) is 0 Å². The average molecular weight is 201 g/mol. The van der Waals surface area contributed by atoms with Crippen molar-refractivity contribution in [3.63, 3.8) is 0 Å². The fourth-order valence-electron chi connectivity index (χ4n) is 1.12. The molecule has 0 aliphatic heterocycles. The Morgan fingerprint density at radius 1 is 1.70 bits per heavy atom. The normalized spacial score (nSPS) is 17.8. The van der Waals surface area contributed by atoms with Gasteiger partial charge in [0.25, 0.3) is 0 Å². The highest BCUT2D eigenvalue weighted by molar-refractivity contribution is 9.10. The molecule has 1 aliphatic carbocycles. The molecule has 0 amide bonds. The molecular formula is C7H9BrN2. The SMILES string of the molecule is Cc1c(Br)ncn1C1CC1. The van der Waals surface area contributed by atoms with Gasteiger partial charge in [-0.2, -0.15) is 0 Å². The van der Waals surface area contributed by atoms with Gasteiger partial charge in [0.05, 0.1) is 6.33 Å². The molecule has 0 unspecified atom stereocenters. The molecule has 1 saturated carbocycles. The number of rotatable bonds is 1. The highest BCUT2D eigenvalue weighted by Crippen LogP contribution is 2.36. The molecule has 0 saturated heterocycles. The largest absolute Gasteiger partial charge is 0.331 e. The molecule has 2 rings (SSSR count). The summed E-state index contributed by atoms with van der Waals surface area (Å²) in [5.41, 5.74) is 1.25. The predicted molar refractivity (Wildman–Crippen MR) is 42.9 cm³/mol. The Hall–Kier alpha value is -0.310. The molecule has 1 aromatic heterocycles. The van der Waals surface area contributed by atoms with E-state index in [-0.39, 0.29) is 0 Å². The number of halogens is 1. The molecule has 54 valence electrons. The van der Waals surface area contributed by atoms with Crippen LogP contribution in [0.3, 0.4) is 0 Å². The van der Waals surface area contributed by atoms with Crippen LogP contribution in [-0.4, -0.2) is 9.55 Å². The first-order valence-electron chi connectivity index (χ1n) is 3.48. The van der Waals surface area contributed by atoms with E-state index in [1.165, 1.54) is 18.5 Å². The van der Waals surface area contributed by atoms with Crippen molar-refractivity contribution >= 4 is 15.9 Å². The van der Waals surface area contributed by atoms with Crippen LogP contribution >= 0.6 is 15.9 Å². The summed E-state index contributed by atoms with van der Waals surface area (Å²) in [5, 5.41) is 0. The topological polar surface area (TPSA) is 17.8 Å². The Balaban J connectivity index is 2.40. The van der Waals surface area contributed by atoms with Gasteiger partial charge in [0.1, 0.15) is 4.60 Å². The van der Waals surface area contributed by atoms with Crippen LogP contribution in [-0.2, 0) is 0 Å². The summed E-state index contributed by atoms with van der Waals surface area (Å²) in [6.07, 6.45) is 4.56. The van der Waals surface area contributed by atoms with E-state index in [1.807, 2.05) is 6.33 Å². The minimum absolute atomic E-state index is 0.749. The van der Waals surface area contributed by atoms with Crippen molar-refractivity contribution in [2.75, 3.05) is 0 Å². The van der Waals surface area contributed by atoms with Crippen molar-refractivity contribution in [2.24, 2.45) is 0 Å². The van der Waals surface area contributed by atoms with E-state index in [9.17, 15) is 0 Å². The van der Waals surface area contributed by atoms with E-state index in [0.29, 0.717) is 0 Å². The first-order chi connectivity index (χ1) is 4.79. The molecular weight excluding hydrogens is 192 g/mol. The molecule has 0 aromatic carbocycles. The summed E-state index contributed by atoms with van der Waals surface area (Å²) in [7, 11) is 0. The zero-order valence-corrected chi connectivity index (χ0v) is 7.43. The fourth-order valence-corrected chi connectivity index (χ4v) is 1.42. The fraction of sp³-hybridized carbons (Fsp3) is 0.571. The van der Waals surface area contributed by atoms with Crippen molar-refractivity contribution in [3.8, 4) is 0 Å². The molecule has 0 N–H and O–H groups in total. The van der Waals surface area contributed by atoms with E-state index in [1.54, 1.807) is 0 Å². The molecule has 0 spiro atoms. The van der Waals surface area contributed by atoms with Crippen LogP contribution in [0.5, 0.6) is 0 Å². The third-order valence-electron chi connectivity index (χ3n) is 1.92. The third kappa shape index (κ3) is 0.888. The van der Waals surface area contributed by atoms with Crippen LogP contribution < -0.4 is 0 Å². The monoisotopic (exact) mass is 200 g/mol. The van der Waals surface area contributed by atoms with E-state index in [2.05, 4.69) is 32.4 Å². The molecule has 0 atom stereocenters. The van der Waals surface area contributed by atoms with Crippen molar-refractivity contribution < 1.29 is 0 Å². The van der Waals surface area contributed by atoms with Crippen LogP contribution in [0.2, 0.25) is 0 Å². The minimum atomic E-state index is 0.749. The molecule has 1 fully saturated rings. The number of imidazole rings is 1. The van der Waals surface area contributed by atoms with Crippen LogP contribution in [0, 0.1) is 6.92 Å². The standard InChI is InChI=1S/C7H9BrN2/c1-5-7(8)9-4-10(5)6-2-3-6/h4,6H,2-3H2,1H3. The molecule has 2 nitrogen and oxygen atoms in total. The van der Waals surface area contributed by atoms with Crippen molar-refractivity contribution in [2.45, 2.75) is 25.8 Å². The minimum Gasteiger partial charge on any atom is -0.331 e. The lowest BCUT2D eigenvalue weighted by Crippen LogP contribution is -1.93. The van der Waals surface area contributed by atoms with E-state index in [0.717, 1.165) is 10.6 Å². The van der Waals surface area contributed by atoms with E-state index >= 15 is 0 Å². The van der Waals surface area contributed by atoms with Crippen LogP contribution in [0.1, 0.15) is 24.6 Å². The molecule has 0 radical (unpaired) electrons. The molecule has 10 heavy (non-hydrogen) atoms. The molecule has 1 aromatic rings. The second kappa shape index (κ2) is 2.09. The summed E-state index contributed by atoms with van der Waals surface area (Å²) in [4.78, 5) is 4.16. The van der Waals surface area contributed by atoms with Crippen LogP contribution in [0.25, 0.3) is 0 Å². The van der Waals surface area contributed by atoms with Crippen LogP contribution in [0.15, 0.2) is 10.9 Å². The Labute approximate surface area is 68.4 Å². The van der Waals surface area contributed by atoms with E-state index in [4.69, 9.17) is 0 Å². The lowest BCUT2D eigenvalue weighted by atomic mass is 10.5. The predicted octanol–water partition coefficient (Wildman–Crippen LogP) is 2.29. The van der Waals surface area contributed by atoms with Crippen molar-refractivity contribution in [1.29, 1.82) is 0 Å². The zero-order chi connectivity index (χ0) is 7.14. The lowest BCUT2D eigenvalue weighted by molar-refractivity contribution is 0.716. The van der Waals surface area contributed by atoms with Gasteiger partial charge in [0.15, 0.2) is 0 Å². The van der Waals surface area contributed by atoms with Gasteiger partial charge in [0, 0.05) is 11.7 Å². The van der Waals surface area contributed by atoms with Gasteiger partial charge in [-0.3, -0.25) is 0 Å². The lowest BCUT2D eigenvalue weighted by Gasteiger charge is -1.99. The summed E-state index contributed by atoms with van der Waals surface area (Å²) in [6.45, 7) is 2.09. The Kier molecular flexibility index (Phi) is 1.34. The summed E-state index contributed by atoms with van der Waals surface area (Å²) in [6, 6.07) is 0.749. The molecule has 0 bridgehead atoms. The maximum atomic E-state index is 4.16. The Morgan fingerprint density at radius 3 is 2.80 bits per heavy atom. The van der Waals surface area contributed by atoms with Gasteiger partial charge in [0.2, 0.25) is 0 Å². The molecule has 1 aliphatic rings. The number of hydrogen-bond acceptors (Lipinski definition) is 1. The quantitative estimate of drug-likeness (QED) is 0.681. The van der Waals surface area contributed by atoms with Crippen molar-refractivity contribution in [1.82, 2.24) is 9.55 Å². The van der Waals surface area contributed by atoms with Gasteiger partial charge >= 0.3 is 0 Å². The van der Waals surface area contributed by atoms with Gasteiger partial charge in [-0.15, -0.1) is 0 Å². The zero-order valence-electron chi connectivity index (χ0n) is 5.84. The highest BCUT2D eigenvalue weighted by Gasteiger charge is 2.24. The number of hydrogen-bond donors (Lipinski definition) is 0. The highest BCUT2D eigenvalue weighted by atomic mass is 79.9.